The summed E-state index contributed by atoms with van der Waals surface area (Å²) in [7, 11) is 1.89. The Hall–Kier alpha value is -4.05. The molecule has 186 valence electrons. The van der Waals surface area contributed by atoms with Crippen molar-refractivity contribution in [3.05, 3.63) is 71.4 Å². The molecule has 4 heterocycles. The fourth-order valence-electron chi connectivity index (χ4n) is 4.25. The quantitative estimate of drug-likeness (QED) is 0.366. The maximum atomic E-state index is 13.0. The van der Waals surface area contributed by atoms with Crippen molar-refractivity contribution in [3.63, 3.8) is 0 Å². The third-order valence-corrected chi connectivity index (χ3v) is 7.12. The largest absolute Gasteiger partial charge is 0.489 e. The van der Waals surface area contributed by atoms with Gasteiger partial charge in [0.1, 0.15) is 24.2 Å². The van der Waals surface area contributed by atoms with Gasteiger partial charge in [-0.1, -0.05) is 18.2 Å². The average molecular weight is 507 g/mol. The van der Waals surface area contributed by atoms with Crippen LogP contribution in [0.4, 0.5) is 10.5 Å². The van der Waals surface area contributed by atoms with Crippen molar-refractivity contribution in [2.24, 2.45) is 7.05 Å². The number of thiophene rings is 1. The molecule has 1 aromatic carbocycles. The number of piperidine rings is 1. The lowest BCUT2D eigenvalue weighted by molar-refractivity contribution is 0.0891. The van der Waals surface area contributed by atoms with Crippen molar-refractivity contribution < 1.29 is 24.2 Å². The summed E-state index contributed by atoms with van der Waals surface area (Å²) in [6.07, 6.45) is 1.97. The summed E-state index contributed by atoms with van der Waals surface area (Å²) >= 11 is 1.61. The molecule has 0 bridgehead atoms. The Morgan fingerprint density at radius 2 is 1.97 bits per heavy atom. The van der Waals surface area contributed by atoms with E-state index in [4.69, 9.17) is 14.6 Å². The number of carbonyl (C=O) groups excluding carboxylic acids is 1. The van der Waals surface area contributed by atoms with Gasteiger partial charge in [0, 0.05) is 50.3 Å². The number of amides is 2. The SMILES string of the molecule is Cn1c(C(=O)Nc2ccccc2COc2ccc(OC3CCN(C(=O)O)CC3)cn2)cc2sccc21. The molecule has 9 nitrogen and oxygen atoms in total. The lowest BCUT2D eigenvalue weighted by Crippen LogP contribution is -2.41. The molecule has 3 aromatic heterocycles. The number of aryl methyl sites for hydroxylation is 1. The summed E-state index contributed by atoms with van der Waals surface area (Å²) in [4.78, 5) is 29.7. The fraction of sp³-hybridized carbons (Fsp3) is 0.269. The highest BCUT2D eigenvalue weighted by Crippen LogP contribution is 2.26. The molecule has 0 atom stereocenters. The molecule has 2 N–H and O–H groups in total. The highest BCUT2D eigenvalue weighted by atomic mass is 32.1. The summed E-state index contributed by atoms with van der Waals surface area (Å²) in [5.41, 5.74) is 3.14. The van der Waals surface area contributed by atoms with Crippen LogP contribution in [0.2, 0.25) is 0 Å². The average Bonchev–Trinajstić information content (AvgIpc) is 3.47. The van der Waals surface area contributed by atoms with Crippen LogP contribution in [-0.2, 0) is 13.7 Å². The molecule has 10 heteroatoms. The van der Waals surface area contributed by atoms with Gasteiger partial charge < -0.3 is 29.4 Å². The zero-order valence-electron chi connectivity index (χ0n) is 19.7. The number of carbonyl (C=O) groups is 2. The van der Waals surface area contributed by atoms with Gasteiger partial charge in [0.15, 0.2) is 0 Å². The van der Waals surface area contributed by atoms with Gasteiger partial charge in [0.25, 0.3) is 5.91 Å². The number of hydrogen-bond donors (Lipinski definition) is 2. The van der Waals surface area contributed by atoms with E-state index in [-0.39, 0.29) is 18.6 Å². The van der Waals surface area contributed by atoms with Crippen LogP contribution < -0.4 is 14.8 Å². The first kappa shape index (κ1) is 23.7. The third kappa shape index (κ3) is 5.13. The number of benzene rings is 1. The number of rotatable bonds is 7. The Kier molecular flexibility index (Phi) is 6.77. The molecule has 1 saturated heterocycles. The van der Waals surface area contributed by atoms with Gasteiger partial charge in [0.05, 0.1) is 16.4 Å². The second kappa shape index (κ2) is 10.3. The van der Waals surface area contributed by atoms with E-state index in [1.54, 1.807) is 29.7 Å². The van der Waals surface area contributed by atoms with Gasteiger partial charge in [-0.25, -0.2) is 9.78 Å². The van der Waals surface area contributed by atoms with Crippen LogP contribution in [0.15, 0.2) is 60.1 Å². The first-order chi connectivity index (χ1) is 17.5. The molecule has 1 aliphatic rings. The smallest absolute Gasteiger partial charge is 0.407 e. The predicted octanol–water partition coefficient (Wildman–Crippen LogP) is 4.99. The minimum absolute atomic E-state index is 0.0373. The first-order valence-electron chi connectivity index (χ1n) is 11.6. The monoisotopic (exact) mass is 506 g/mol. The Morgan fingerprint density at radius 3 is 2.69 bits per heavy atom. The van der Waals surface area contributed by atoms with E-state index in [1.165, 1.54) is 4.90 Å². The molecule has 1 aliphatic heterocycles. The highest BCUT2D eigenvalue weighted by molar-refractivity contribution is 7.17. The molecule has 0 radical (unpaired) electrons. The molecule has 4 aromatic rings. The van der Waals surface area contributed by atoms with E-state index in [0.29, 0.717) is 48.9 Å². The Balaban J connectivity index is 1.18. The minimum atomic E-state index is -0.891. The van der Waals surface area contributed by atoms with Crippen LogP contribution in [0.3, 0.4) is 0 Å². The molecular formula is C26H26N4O5S. The van der Waals surface area contributed by atoms with Gasteiger partial charge in [-0.2, -0.15) is 0 Å². The van der Waals surface area contributed by atoms with E-state index in [1.807, 2.05) is 53.4 Å². The number of carboxylic acid groups (broad SMARTS) is 1. The normalized spacial score (nSPS) is 14.1. The number of fused-ring (bicyclic) bond motifs is 1. The molecule has 5 rings (SSSR count). The Labute approximate surface area is 211 Å². The second-order valence-electron chi connectivity index (χ2n) is 8.58. The topological polar surface area (TPSA) is 106 Å². The van der Waals surface area contributed by atoms with Crippen LogP contribution in [0, 0.1) is 0 Å². The number of para-hydroxylation sites is 1. The van der Waals surface area contributed by atoms with Crippen molar-refractivity contribution >= 4 is 39.2 Å². The number of nitrogens with one attached hydrogen (secondary N) is 1. The van der Waals surface area contributed by atoms with E-state index < -0.39 is 6.09 Å². The second-order valence-corrected chi connectivity index (χ2v) is 9.53. The minimum Gasteiger partial charge on any atom is -0.489 e. The standard InChI is InChI=1S/C26H26N4O5S/c1-29-21-10-13-36-23(21)14-22(29)25(31)28-20-5-3-2-4-17(20)16-34-24-7-6-19(15-27-24)35-18-8-11-30(12-9-18)26(32)33/h2-7,10,13-15,18H,8-9,11-12,16H2,1H3,(H,28,31)(H,32,33). The van der Waals surface area contributed by atoms with Gasteiger partial charge >= 0.3 is 6.09 Å². The van der Waals surface area contributed by atoms with Crippen LogP contribution in [0.5, 0.6) is 11.6 Å². The number of likely N-dealkylation sites (tertiary alicyclic amines) is 1. The highest BCUT2D eigenvalue weighted by Gasteiger charge is 2.23. The molecule has 1 fully saturated rings. The van der Waals surface area contributed by atoms with Gasteiger partial charge in [0.2, 0.25) is 5.88 Å². The summed E-state index contributed by atoms with van der Waals surface area (Å²) in [6.45, 7) is 1.17. The number of nitrogens with zero attached hydrogens (tertiary/aromatic N) is 3. The number of aromatic nitrogens is 2. The fourth-order valence-corrected chi connectivity index (χ4v) is 5.10. The van der Waals surface area contributed by atoms with Crippen molar-refractivity contribution in [2.45, 2.75) is 25.6 Å². The number of hydrogen-bond acceptors (Lipinski definition) is 6. The molecule has 2 amide bonds. The van der Waals surface area contributed by atoms with Crippen LogP contribution in [-0.4, -0.2) is 50.8 Å². The summed E-state index contributed by atoms with van der Waals surface area (Å²) < 4.78 is 14.8. The van der Waals surface area contributed by atoms with Gasteiger partial charge in [-0.3, -0.25) is 4.79 Å². The summed E-state index contributed by atoms with van der Waals surface area (Å²) in [5.74, 6) is 0.875. The lowest BCUT2D eigenvalue weighted by Gasteiger charge is -2.30. The van der Waals surface area contributed by atoms with Crippen LogP contribution >= 0.6 is 11.3 Å². The van der Waals surface area contributed by atoms with Crippen molar-refractivity contribution in [1.29, 1.82) is 0 Å². The Morgan fingerprint density at radius 1 is 1.17 bits per heavy atom. The van der Waals surface area contributed by atoms with Crippen molar-refractivity contribution in [3.8, 4) is 11.6 Å². The lowest BCUT2D eigenvalue weighted by atomic mass is 10.1. The van der Waals surface area contributed by atoms with E-state index in [9.17, 15) is 9.59 Å². The van der Waals surface area contributed by atoms with Crippen molar-refractivity contribution in [1.82, 2.24) is 14.5 Å². The maximum Gasteiger partial charge on any atom is 0.407 e. The molecule has 0 unspecified atom stereocenters. The van der Waals surface area contributed by atoms with E-state index >= 15 is 0 Å². The van der Waals surface area contributed by atoms with Gasteiger partial charge in [-0.15, -0.1) is 11.3 Å². The van der Waals surface area contributed by atoms with Crippen LogP contribution in [0.1, 0.15) is 28.9 Å². The molecule has 36 heavy (non-hydrogen) atoms. The number of ether oxygens (including phenoxy) is 2. The van der Waals surface area contributed by atoms with E-state index in [2.05, 4.69) is 10.3 Å². The zero-order valence-corrected chi connectivity index (χ0v) is 20.5. The molecule has 0 spiro atoms. The summed E-state index contributed by atoms with van der Waals surface area (Å²) in [6, 6.07) is 14.9. The summed E-state index contributed by atoms with van der Waals surface area (Å²) in [5, 5.41) is 14.1. The zero-order chi connectivity index (χ0) is 25.1. The predicted molar refractivity (Wildman–Crippen MR) is 137 cm³/mol. The van der Waals surface area contributed by atoms with Gasteiger partial charge in [-0.05, 0) is 29.6 Å². The van der Waals surface area contributed by atoms with Crippen LogP contribution in [0.25, 0.3) is 10.2 Å². The number of pyridine rings is 1. The number of anilines is 1. The van der Waals surface area contributed by atoms with E-state index in [0.717, 1.165) is 15.8 Å². The van der Waals surface area contributed by atoms with Crippen molar-refractivity contribution in [2.75, 3.05) is 18.4 Å². The Bertz CT molecular complexity index is 1370. The maximum absolute atomic E-state index is 13.0. The third-order valence-electron chi connectivity index (χ3n) is 6.26. The molecular weight excluding hydrogens is 480 g/mol. The molecule has 0 saturated carbocycles. The first-order valence-corrected chi connectivity index (χ1v) is 12.5. The molecule has 0 aliphatic carbocycles.